The quantitative estimate of drug-likeness (QED) is 0.480. The van der Waals surface area contributed by atoms with E-state index >= 15 is 0 Å². The topological polar surface area (TPSA) is 126 Å². The fraction of sp³-hybridized carbons (Fsp3) is 0.238. The molecule has 35 heavy (non-hydrogen) atoms. The Kier molecular flexibility index (Phi) is 6.69. The largest absolute Gasteiger partial charge is 0.417 e. The van der Waals surface area contributed by atoms with Crippen LogP contribution >= 0.6 is 0 Å². The van der Waals surface area contributed by atoms with Gasteiger partial charge < -0.3 is 5.32 Å². The summed E-state index contributed by atoms with van der Waals surface area (Å²) in [5, 5.41) is 11.3. The number of nitrogens with one attached hydrogen (secondary N) is 1. The van der Waals surface area contributed by atoms with Gasteiger partial charge in [-0.3, -0.25) is 19.0 Å². The number of nitriles is 1. The molecule has 9 nitrogen and oxygen atoms in total. The normalized spacial score (nSPS) is 17.5. The number of amides is 2. The first-order chi connectivity index (χ1) is 16.2. The standard InChI is InChI=1S/C21H17F4N5O4S/c1-20(2)18(32)29(12-5-4-11(10-26)15(8-12)21(23,24)25)19(28-35(33)34)30(20)13-6-7-14(16(22)9-13)17(31)27-3/h4-9H,1-3H3,(H,27,31)(H,33,34). The molecule has 2 amide bonds. The molecule has 184 valence electrons. The molecule has 2 N–H and O–H groups in total. The molecule has 1 unspecified atom stereocenters. The molecule has 1 fully saturated rings. The number of alkyl halides is 3. The van der Waals surface area contributed by atoms with E-state index in [0.29, 0.717) is 11.0 Å². The lowest BCUT2D eigenvalue weighted by Crippen LogP contribution is -2.45. The number of carbonyl (C=O) groups is 2. The molecule has 2 aromatic rings. The van der Waals surface area contributed by atoms with E-state index in [0.717, 1.165) is 29.2 Å². The van der Waals surface area contributed by atoms with Gasteiger partial charge in [-0.25, -0.2) is 13.5 Å². The van der Waals surface area contributed by atoms with Crippen molar-refractivity contribution in [3.05, 3.63) is 58.9 Å². The van der Waals surface area contributed by atoms with E-state index in [2.05, 4.69) is 9.71 Å². The summed E-state index contributed by atoms with van der Waals surface area (Å²) in [5.74, 6) is -3.12. The Morgan fingerprint density at radius 2 is 1.83 bits per heavy atom. The number of benzene rings is 2. The Morgan fingerprint density at radius 1 is 1.20 bits per heavy atom. The zero-order valence-electron chi connectivity index (χ0n) is 18.3. The van der Waals surface area contributed by atoms with Crippen molar-refractivity contribution >= 4 is 40.4 Å². The first-order valence-corrected chi connectivity index (χ1v) is 10.8. The minimum atomic E-state index is -4.94. The van der Waals surface area contributed by atoms with Gasteiger partial charge in [-0.2, -0.15) is 18.4 Å². The van der Waals surface area contributed by atoms with Gasteiger partial charge in [0, 0.05) is 12.7 Å². The van der Waals surface area contributed by atoms with Gasteiger partial charge in [0.1, 0.15) is 11.4 Å². The zero-order chi connectivity index (χ0) is 26.3. The highest BCUT2D eigenvalue weighted by molar-refractivity contribution is 7.78. The van der Waals surface area contributed by atoms with Crippen molar-refractivity contribution in [1.29, 1.82) is 5.26 Å². The maximum Gasteiger partial charge on any atom is 0.417 e. The maximum absolute atomic E-state index is 14.7. The van der Waals surface area contributed by atoms with Crippen LogP contribution in [0.4, 0.5) is 28.9 Å². The SMILES string of the molecule is CNC(=O)c1ccc(N2C(=NS(=O)O)N(c3ccc(C#N)c(C(F)(F)F)c3)C(=O)C2(C)C)cc1F. The third-order valence-corrected chi connectivity index (χ3v) is 5.53. The number of guanidine groups is 1. The monoisotopic (exact) mass is 511 g/mol. The molecule has 2 aromatic carbocycles. The van der Waals surface area contributed by atoms with Crippen LogP contribution in [0.3, 0.4) is 0 Å². The van der Waals surface area contributed by atoms with Gasteiger partial charge in [0.2, 0.25) is 5.96 Å². The third-order valence-electron chi connectivity index (χ3n) is 5.21. The summed E-state index contributed by atoms with van der Waals surface area (Å²) in [5.41, 5.74) is -4.41. The first-order valence-electron chi connectivity index (χ1n) is 9.71. The van der Waals surface area contributed by atoms with Crippen molar-refractivity contribution in [3.8, 4) is 6.07 Å². The van der Waals surface area contributed by atoms with Crippen molar-refractivity contribution in [2.75, 3.05) is 16.8 Å². The van der Waals surface area contributed by atoms with Crippen LogP contribution in [0.5, 0.6) is 0 Å². The molecule has 0 spiro atoms. The third kappa shape index (κ3) is 4.60. The molecule has 1 aliphatic heterocycles. The van der Waals surface area contributed by atoms with Crippen molar-refractivity contribution in [1.82, 2.24) is 5.32 Å². The summed E-state index contributed by atoms with van der Waals surface area (Å²) in [4.78, 5) is 26.9. The fourth-order valence-electron chi connectivity index (χ4n) is 3.60. The summed E-state index contributed by atoms with van der Waals surface area (Å²) in [7, 11) is 1.30. The van der Waals surface area contributed by atoms with Gasteiger partial charge in [-0.05, 0) is 50.2 Å². The number of halogens is 4. The molecular formula is C21H17F4N5O4S. The number of anilines is 2. The summed E-state index contributed by atoms with van der Waals surface area (Å²) in [6, 6.07) is 7.13. The molecule has 3 rings (SSSR count). The average Bonchev–Trinajstić information content (AvgIpc) is 2.96. The second-order valence-corrected chi connectivity index (χ2v) is 8.38. The highest BCUT2D eigenvalue weighted by Gasteiger charge is 2.52. The second-order valence-electron chi connectivity index (χ2n) is 7.74. The van der Waals surface area contributed by atoms with Gasteiger partial charge >= 0.3 is 6.18 Å². The lowest BCUT2D eigenvalue weighted by Gasteiger charge is -2.29. The Balaban J connectivity index is 2.24. The van der Waals surface area contributed by atoms with E-state index in [-0.39, 0.29) is 16.9 Å². The number of hydrogen-bond acceptors (Lipinski definition) is 4. The lowest BCUT2D eigenvalue weighted by atomic mass is 10.0. The number of nitrogens with zero attached hydrogens (tertiary/aromatic N) is 4. The van der Waals surface area contributed by atoms with E-state index in [9.17, 15) is 35.9 Å². The van der Waals surface area contributed by atoms with Gasteiger partial charge in [0.15, 0.2) is 0 Å². The Bertz CT molecular complexity index is 1320. The molecule has 1 heterocycles. The number of carbonyl (C=O) groups excluding carboxylic acids is 2. The van der Waals surface area contributed by atoms with Crippen molar-refractivity contribution in [2.45, 2.75) is 25.6 Å². The molecule has 1 aliphatic rings. The van der Waals surface area contributed by atoms with Gasteiger partial charge in [-0.15, -0.1) is 4.40 Å². The highest BCUT2D eigenvalue weighted by Crippen LogP contribution is 2.40. The van der Waals surface area contributed by atoms with Gasteiger partial charge in [-0.1, -0.05) is 0 Å². The van der Waals surface area contributed by atoms with Crippen molar-refractivity contribution < 1.29 is 35.9 Å². The van der Waals surface area contributed by atoms with Crippen LogP contribution in [-0.2, 0) is 22.2 Å². The van der Waals surface area contributed by atoms with Crippen molar-refractivity contribution in [3.63, 3.8) is 0 Å². The van der Waals surface area contributed by atoms with Crippen LogP contribution in [0, 0.1) is 17.1 Å². The van der Waals surface area contributed by atoms with E-state index in [1.165, 1.54) is 33.0 Å². The summed E-state index contributed by atoms with van der Waals surface area (Å²) in [6.45, 7) is 2.70. The fourth-order valence-corrected chi connectivity index (χ4v) is 3.90. The Hall–Kier alpha value is -3.83. The van der Waals surface area contributed by atoms with Crippen LogP contribution in [-0.4, -0.2) is 39.1 Å². The summed E-state index contributed by atoms with van der Waals surface area (Å²) < 4.78 is 79.8. The van der Waals surface area contributed by atoms with Crippen LogP contribution in [0.2, 0.25) is 0 Å². The second kappa shape index (κ2) is 9.08. The van der Waals surface area contributed by atoms with Crippen molar-refractivity contribution in [2.24, 2.45) is 4.40 Å². The number of rotatable bonds is 4. The molecule has 14 heteroatoms. The highest BCUT2D eigenvalue weighted by atomic mass is 32.2. The van der Waals surface area contributed by atoms with Gasteiger partial charge in [0.05, 0.1) is 28.4 Å². The minimum absolute atomic E-state index is 0.0649. The summed E-state index contributed by atoms with van der Waals surface area (Å²) >= 11 is -2.92. The van der Waals surface area contributed by atoms with Crippen LogP contribution in [0.15, 0.2) is 40.8 Å². The molecule has 0 radical (unpaired) electrons. The van der Waals surface area contributed by atoms with Crippen LogP contribution in [0.25, 0.3) is 0 Å². The average molecular weight is 511 g/mol. The van der Waals surface area contributed by atoms with Crippen LogP contribution in [0.1, 0.15) is 35.3 Å². The zero-order valence-corrected chi connectivity index (χ0v) is 19.2. The lowest BCUT2D eigenvalue weighted by molar-refractivity contribution is -0.137. The predicted molar refractivity (Wildman–Crippen MR) is 118 cm³/mol. The van der Waals surface area contributed by atoms with E-state index in [1.807, 2.05) is 0 Å². The number of hydrogen-bond donors (Lipinski definition) is 2. The van der Waals surface area contributed by atoms with E-state index in [4.69, 9.17) is 5.26 Å². The molecule has 0 aromatic heterocycles. The van der Waals surface area contributed by atoms with Crippen LogP contribution < -0.4 is 15.1 Å². The molecule has 0 bridgehead atoms. The molecule has 0 aliphatic carbocycles. The van der Waals surface area contributed by atoms with E-state index < -0.39 is 57.7 Å². The smallest absolute Gasteiger partial charge is 0.355 e. The Labute approximate surface area is 199 Å². The molecule has 1 atom stereocenters. The molecule has 1 saturated heterocycles. The first kappa shape index (κ1) is 25.8. The maximum atomic E-state index is 14.7. The predicted octanol–water partition coefficient (Wildman–Crippen LogP) is 3.20. The van der Waals surface area contributed by atoms with E-state index in [1.54, 1.807) is 0 Å². The minimum Gasteiger partial charge on any atom is -0.355 e. The molecular weight excluding hydrogens is 494 g/mol. The molecule has 0 saturated carbocycles. The van der Waals surface area contributed by atoms with Gasteiger partial charge in [0.25, 0.3) is 23.1 Å². The summed E-state index contributed by atoms with van der Waals surface area (Å²) in [6.07, 6.45) is -4.94. The Morgan fingerprint density at radius 3 is 2.34 bits per heavy atom.